The van der Waals surface area contributed by atoms with Crippen LogP contribution in [0.25, 0.3) is 0 Å². The number of aliphatic hydroxyl groups excluding tert-OH is 1. The minimum atomic E-state index is 0.237. The molecule has 0 aliphatic carbocycles. The Balaban J connectivity index is 1.76. The van der Waals surface area contributed by atoms with Crippen molar-refractivity contribution >= 4 is 0 Å². The van der Waals surface area contributed by atoms with Crippen LogP contribution >= 0.6 is 0 Å². The van der Waals surface area contributed by atoms with Crippen molar-refractivity contribution in [3.05, 3.63) is 35.9 Å². The number of rotatable bonds is 6. The standard InChI is InChI=1S/C15H24N2O/c18-10-8-16-11-15-7-4-9-17(13-15)12-14-5-2-1-3-6-14/h1-3,5-6,15-16,18H,4,7-13H2/t15-/m1/s1. The van der Waals surface area contributed by atoms with Crippen molar-refractivity contribution in [1.82, 2.24) is 10.2 Å². The van der Waals surface area contributed by atoms with Crippen LogP contribution in [0.1, 0.15) is 18.4 Å². The molecule has 0 saturated carbocycles. The highest BCUT2D eigenvalue weighted by Crippen LogP contribution is 2.17. The highest BCUT2D eigenvalue weighted by atomic mass is 16.3. The van der Waals surface area contributed by atoms with Crippen molar-refractivity contribution in [1.29, 1.82) is 0 Å². The highest BCUT2D eigenvalue weighted by molar-refractivity contribution is 5.14. The second-order valence-corrected chi connectivity index (χ2v) is 5.16. The number of hydrogen-bond acceptors (Lipinski definition) is 3. The predicted molar refractivity (Wildman–Crippen MR) is 74.4 cm³/mol. The molecule has 3 nitrogen and oxygen atoms in total. The second-order valence-electron chi connectivity index (χ2n) is 5.16. The molecule has 0 spiro atoms. The van der Waals surface area contributed by atoms with Crippen LogP contribution in [0.4, 0.5) is 0 Å². The maximum atomic E-state index is 8.77. The molecule has 1 aliphatic rings. The molecule has 2 N–H and O–H groups in total. The number of nitrogens with zero attached hydrogens (tertiary/aromatic N) is 1. The Morgan fingerprint density at radius 2 is 2.11 bits per heavy atom. The molecule has 0 radical (unpaired) electrons. The van der Waals surface area contributed by atoms with Gasteiger partial charge < -0.3 is 10.4 Å². The first kappa shape index (κ1) is 13.5. The smallest absolute Gasteiger partial charge is 0.0555 e. The molecular weight excluding hydrogens is 224 g/mol. The van der Waals surface area contributed by atoms with Gasteiger partial charge in [-0.25, -0.2) is 0 Å². The van der Waals surface area contributed by atoms with Crippen LogP contribution in [0.15, 0.2) is 30.3 Å². The number of benzene rings is 1. The summed E-state index contributed by atoms with van der Waals surface area (Å²) in [5, 5.41) is 12.1. The lowest BCUT2D eigenvalue weighted by atomic mass is 9.97. The summed E-state index contributed by atoms with van der Waals surface area (Å²) in [6.07, 6.45) is 2.60. The van der Waals surface area contributed by atoms with Gasteiger partial charge in [-0.1, -0.05) is 30.3 Å². The minimum absolute atomic E-state index is 0.237. The zero-order valence-electron chi connectivity index (χ0n) is 11.0. The highest BCUT2D eigenvalue weighted by Gasteiger charge is 2.19. The van der Waals surface area contributed by atoms with Crippen molar-refractivity contribution < 1.29 is 5.11 Å². The summed E-state index contributed by atoms with van der Waals surface area (Å²) in [6, 6.07) is 10.7. The fraction of sp³-hybridized carbons (Fsp3) is 0.600. The van der Waals surface area contributed by atoms with E-state index in [0.717, 1.165) is 25.6 Å². The first-order valence-electron chi connectivity index (χ1n) is 6.96. The molecule has 2 rings (SSSR count). The fourth-order valence-corrected chi connectivity index (χ4v) is 2.69. The Bertz CT molecular complexity index is 329. The van der Waals surface area contributed by atoms with E-state index in [1.807, 2.05) is 0 Å². The van der Waals surface area contributed by atoms with Crippen LogP contribution in [0.5, 0.6) is 0 Å². The molecule has 1 fully saturated rings. The third-order valence-corrected chi connectivity index (χ3v) is 3.57. The van der Waals surface area contributed by atoms with Gasteiger partial charge in [0.1, 0.15) is 0 Å². The van der Waals surface area contributed by atoms with Gasteiger partial charge in [-0.2, -0.15) is 0 Å². The Morgan fingerprint density at radius 3 is 2.89 bits per heavy atom. The van der Waals surface area contributed by atoms with Gasteiger partial charge in [0.2, 0.25) is 0 Å². The topological polar surface area (TPSA) is 35.5 Å². The predicted octanol–water partition coefficient (Wildman–Crippen LogP) is 1.48. The Labute approximate surface area is 110 Å². The SMILES string of the molecule is OCCNC[C@H]1CCCN(Cc2ccccc2)C1. The Kier molecular flexibility index (Phi) is 5.65. The average molecular weight is 248 g/mol. The molecule has 1 aliphatic heterocycles. The van der Waals surface area contributed by atoms with Gasteiger partial charge in [-0.15, -0.1) is 0 Å². The van der Waals surface area contributed by atoms with Crippen molar-refractivity contribution in [2.75, 3.05) is 32.8 Å². The van der Waals surface area contributed by atoms with E-state index in [2.05, 4.69) is 40.5 Å². The van der Waals surface area contributed by atoms with E-state index < -0.39 is 0 Å². The average Bonchev–Trinajstić information content (AvgIpc) is 2.41. The molecule has 1 aromatic rings. The van der Waals surface area contributed by atoms with E-state index in [1.54, 1.807) is 0 Å². The van der Waals surface area contributed by atoms with Gasteiger partial charge in [0.05, 0.1) is 6.61 Å². The van der Waals surface area contributed by atoms with E-state index >= 15 is 0 Å². The third-order valence-electron chi connectivity index (χ3n) is 3.57. The van der Waals surface area contributed by atoms with Crippen molar-refractivity contribution in [3.8, 4) is 0 Å². The molecule has 0 unspecified atom stereocenters. The van der Waals surface area contributed by atoms with Gasteiger partial charge in [0.25, 0.3) is 0 Å². The van der Waals surface area contributed by atoms with E-state index in [4.69, 9.17) is 5.11 Å². The van der Waals surface area contributed by atoms with Crippen LogP contribution in [0.3, 0.4) is 0 Å². The Morgan fingerprint density at radius 1 is 1.28 bits per heavy atom. The zero-order valence-corrected chi connectivity index (χ0v) is 11.0. The summed E-state index contributed by atoms with van der Waals surface area (Å²) in [7, 11) is 0. The van der Waals surface area contributed by atoms with Gasteiger partial charge in [-0.05, 0) is 37.4 Å². The molecule has 0 amide bonds. The maximum Gasteiger partial charge on any atom is 0.0555 e. The van der Waals surface area contributed by atoms with Gasteiger partial charge in [0, 0.05) is 19.6 Å². The molecule has 1 aromatic carbocycles. The summed E-state index contributed by atoms with van der Waals surface area (Å²) in [5.41, 5.74) is 1.40. The number of nitrogens with one attached hydrogen (secondary N) is 1. The summed E-state index contributed by atoms with van der Waals surface area (Å²) in [4.78, 5) is 2.55. The van der Waals surface area contributed by atoms with E-state index in [9.17, 15) is 0 Å². The van der Waals surface area contributed by atoms with Crippen LogP contribution in [0.2, 0.25) is 0 Å². The van der Waals surface area contributed by atoms with Gasteiger partial charge in [0.15, 0.2) is 0 Å². The van der Waals surface area contributed by atoms with E-state index in [1.165, 1.54) is 31.5 Å². The molecule has 1 heterocycles. The van der Waals surface area contributed by atoms with E-state index in [0.29, 0.717) is 0 Å². The van der Waals surface area contributed by atoms with Crippen LogP contribution in [-0.4, -0.2) is 42.8 Å². The molecule has 0 bridgehead atoms. The number of hydrogen-bond donors (Lipinski definition) is 2. The molecule has 100 valence electrons. The maximum absolute atomic E-state index is 8.77. The molecular formula is C15H24N2O. The van der Waals surface area contributed by atoms with Crippen LogP contribution in [-0.2, 0) is 6.54 Å². The fourth-order valence-electron chi connectivity index (χ4n) is 2.69. The summed E-state index contributed by atoms with van der Waals surface area (Å²) in [6.45, 7) is 5.44. The lowest BCUT2D eigenvalue weighted by Gasteiger charge is -2.32. The molecule has 1 saturated heterocycles. The largest absolute Gasteiger partial charge is 0.395 e. The van der Waals surface area contributed by atoms with Crippen LogP contribution < -0.4 is 5.32 Å². The van der Waals surface area contributed by atoms with Crippen molar-refractivity contribution in [2.45, 2.75) is 19.4 Å². The van der Waals surface area contributed by atoms with E-state index in [-0.39, 0.29) is 6.61 Å². The van der Waals surface area contributed by atoms with Gasteiger partial charge >= 0.3 is 0 Å². The second kappa shape index (κ2) is 7.52. The molecule has 0 aromatic heterocycles. The quantitative estimate of drug-likeness (QED) is 0.749. The molecule has 18 heavy (non-hydrogen) atoms. The summed E-state index contributed by atoms with van der Waals surface area (Å²) in [5.74, 6) is 0.731. The zero-order chi connectivity index (χ0) is 12.6. The molecule has 3 heteroatoms. The first-order chi connectivity index (χ1) is 8.88. The normalized spacial score (nSPS) is 21.1. The van der Waals surface area contributed by atoms with Gasteiger partial charge in [-0.3, -0.25) is 4.90 Å². The third kappa shape index (κ3) is 4.41. The first-order valence-corrected chi connectivity index (χ1v) is 6.96. The summed E-state index contributed by atoms with van der Waals surface area (Å²) >= 11 is 0. The monoisotopic (exact) mass is 248 g/mol. The lowest BCUT2D eigenvalue weighted by Crippen LogP contribution is -2.39. The summed E-state index contributed by atoms with van der Waals surface area (Å²) < 4.78 is 0. The minimum Gasteiger partial charge on any atom is -0.395 e. The molecule has 1 atom stereocenters. The van der Waals surface area contributed by atoms with Crippen LogP contribution in [0, 0.1) is 5.92 Å². The number of aliphatic hydroxyl groups is 1. The van der Waals surface area contributed by atoms with Crippen molar-refractivity contribution in [2.24, 2.45) is 5.92 Å². The van der Waals surface area contributed by atoms with Crippen molar-refractivity contribution in [3.63, 3.8) is 0 Å². The lowest BCUT2D eigenvalue weighted by molar-refractivity contribution is 0.163. The number of piperidine rings is 1. The number of likely N-dealkylation sites (tertiary alicyclic amines) is 1. The Hall–Kier alpha value is -0.900.